The van der Waals surface area contributed by atoms with Crippen LogP contribution in [0, 0.1) is 0 Å². The van der Waals surface area contributed by atoms with Crippen LogP contribution in [0.15, 0.2) is 60.1 Å². The number of aromatic nitrogens is 1. The minimum absolute atomic E-state index is 0.139. The van der Waals surface area contributed by atoms with E-state index in [1.807, 2.05) is 47.9 Å². The molecular weight excluding hydrogens is 376 g/mol. The zero-order valence-corrected chi connectivity index (χ0v) is 16.3. The molecule has 0 N–H and O–H groups in total. The Bertz CT molecular complexity index is 1100. The maximum absolute atomic E-state index is 12.8. The lowest BCUT2D eigenvalue weighted by molar-refractivity contribution is -0.127. The summed E-state index contributed by atoms with van der Waals surface area (Å²) in [5.41, 5.74) is 0.978. The first-order chi connectivity index (χ1) is 13.7. The largest absolute Gasteiger partial charge is 0.494 e. The van der Waals surface area contributed by atoms with E-state index in [2.05, 4.69) is 11.6 Å². The molecule has 0 unspecified atom stereocenters. The first-order valence-electron chi connectivity index (χ1n) is 9.03. The van der Waals surface area contributed by atoms with Crippen LogP contribution in [0.4, 0.5) is 0 Å². The normalized spacial score (nSPS) is 16.2. The van der Waals surface area contributed by atoms with E-state index in [0.29, 0.717) is 29.5 Å². The van der Waals surface area contributed by atoms with Gasteiger partial charge in [0.05, 0.1) is 16.8 Å². The summed E-state index contributed by atoms with van der Waals surface area (Å²) in [7, 11) is 0. The van der Waals surface area contributed by atoms with Crippen molar-refractivity contribution in [1.82, 2.24) is 4.57 Å². The van der Waals surface area contributed by atoms with E-state index in [1.54, 1.807) is 12.1 Å². The molecule has 0 bridgehead atoms. The molecule has 3 aromatic rings. The molecule has 0 spiro atoms. The Morgan fingerprint density at radius 3 is 2.96 bits per heavy atom. The molecule has 0 saturated carbocycles. The van der Waals surface area contributed by atoms with Crippen LogP contribution in [0.1, 0.15) is 6.92 Å². The highest BCUT2D eigenvalue weighted by Gasteiger charge is 2.27. The number of nitrogens with zero attached hydrogens (tertiary/aromatic N) is 2. The number of hydrogen-bond acceptors (Lipinski definition) is 5. The van der Waals surface area contributed by atoms with Crippen LogP contribution >= 0.6 is 11.3 Å². The molecule has 1 aromatic heterocycles. The minimum atomic E-state index is -0.767. The van der Waals surface area contributed by atoms with Crippen LogP contribution in [-0.4, -0.2) is 29.8 Å². The number of carbonyl (C=O) groups excluding carboxylic acids is 1. The van der Waals surface area contributed by atoms with Crippen LogP contribution in [0.3, 0.4) is 0 Å². The highest BCUT2D eigenvalue weighted by Crippen LogP contribution is 2.31. The third-order valence-corrected chi connectivity index (χ3v) is 5.31. The molecule has 6 nitrogen and oxygen atoms in total. The van der Waals surface area contributed by atoms with Crippen molar-refractivity contribution in [3.8, 4) is 17.2 Å². The van der Waals surface area contributed by atoms with Crippen molar-refractivity contribution in [2.75, 3.05) is 13.2 Å². The molecule has 2 aromatic carbocycles. The maximum Gasteiger partial charge on any atom is 0.292 e. The third kappa shape index (κ3) is 3.53. The minimum Gasteiger partial charge on any atom is -0.494 e. The molecule has 0 fully saturated rings. The molecule has 0 saturated heterocycles. The van der Waals surface area contributed by atoms with E-state index in [-0.39, 0.29) is 12.5 Å². The van der Waals surface area contributed by atoms with Crippen LogP contribution in [0.25, 0.3) is 10.2 Å². The molecule has 4 rings (SSSR count). The Balaban J connectivity index is 1.69. The molecule has 1 aliphatic heterocycles. The molecule has 1 aliphatic rings. The van der Waals surface area contributed by atoms with E-state index in [0.717, 1.165) is 16.0 Å². The van der Waals surface area contributed by atoms with Gasteiger partial charge in [0.1, 0.15) is 12.4 Å². The Hall–Kier alpha value is -3.06. The standard InChI is InChI=1S/C21H20N2O4S/c1-3-11-23-15-10-9-14(25-4-2)12-19(15)28-21(23)22-20(24)18-13-26-16-7-5-6-8-17(16)27-18/h3,5-10,12,18H,1,4,11,13H2,2H3/t18-/m1/s1. The van der Waals surface area contributed by atoms with Gasteiger partial charge in [-0.15, -0.1) is 6.58 Å². The zero-order chi connectivity index (χ0) is 19.5. The van der Waals surface area contributed by atoms with Gasteiger partial charge in [-0.1, -0.05) is 29.5 Å². The maximum atomic E-state index is 12.8. The average Bonchev–Trinajstić information content (AvgIpc) is 3.04. The second kappa shape index (κ2) is 7.90. The molecule has 1 amide bonds. The monoisotopic (exact) mass is 396 g/mol. The third-order valence-electron chi connectivity index (χ3n) is 4.27. The van der Waals surface area contributed by atoms with Gasteiger partial charge in [0.15, 0.2) is 16.3 Å². The van der Waals surface area contributed by atoms with Crippen LogP contribution in [0.5, 0.6) is 17.2 Å². The van der Waals surface area contributed by atoms with E-state index in [4.69, 9.17) is 14.2 Å². The predicted octanol–water partition coefficient (Wildman–Crippen LogP) is 3.55. The summed E-state index contributed by atoms with van der Waals surface area (Å²) in [5.74, 6) is 1.61. The van der Waals surface area contributed by atoms with Crippen LogP contribution < -0.4 is 19.0 Å². The first kappa shape index (κ1) is 18.3. The number of thiazole rings is 1. The quantitative estimate of drug-likeness (QED) is 0.619. The molecule has 144 valence electrons. The van der Waals surface area contributed by atoms with Gasteiger partial charge in [-0.2, -0.15) is 4.99 Å². The second-order valence-corrected chi connectivity index (χ2v) is 7.17. The van der Waals surface area contributed by atoms with Crippen molar-refractivity contribution in [3.63, 3.8) is 0 Å². The highest BCUT2D eigenvalue weighted by molar-refractivity contribution is 7.16. The van der Waals surface area contributed by atoms with Gasteiger partial charge < -0.3 is 18.8 Å². The average molecular weight is 396 g/mol. The topological polar surface area (TPSA) is 62.1 Å². The van der Waals surface area contributed by atoms with E-state index >= 15 is 0 Å². The fourth-order valence-electron chi connectivity index (χ4n) is 3.01. The number of ether oxygens (including phenoxy) is 3. The lowest BCUT2D eigenvalue weighted by Gasteiger charge is -2.23. The molecular formula is C21H20N2O4S. The summed E-state index contributed by atoms with van der Waals surface area (Å²) in [5, 5.41) is 0. The van der Waals surface area contributed by atoms with Gasteiger partial charge in [0, 0.05) is 6.54 Å². The Labute approximate surface area is 166 Å². The number of para-hydroxylation sites is 2. The lowest BCUT2D eigenvalue weighted by atomic mass is 10.2. The summed E-state index contributed by atoms with van der Waals surface area (Å²) < 4.78 is 19.9. The predicted molar refractivity (Wildman–Crippen MR) is 108 cm³/mol. The highest BCUT2D eigenvalue weighted by atomic mass is 32.1. The SMILES string of the molecule is C=CCn1c(=NC(=O)[C@H]2COc3ccccc3O2)sc2cc(OCC)ccc21. The molecule has 0 radical (unpaired) electrons. The number of hydrogen-bond donors (Lipinski definition) is 0. The number of allylic oxidation sites excluding steroid dienone is 1. The molecule has 1 atom stereocenters. The van der Waals surface area contributed by atoms with Crippen LogP contribution in [-0.2, 0) is 11.3 Å². The summed E-state index contributed by atoms with van der Waals surface area (Å²) in [6, 6.07) is 13.1. The Morgan fingerprint density at radius 1 is 1.36 bits per heavy atom. The van der Waals surface area contributed by atoms with E-state index in [9.17, 15) is 4.79 Å². The Morgan fingerprint density at radius 2 is 2.18 bits per heavy atom. The van der Waals surface area contributed by atoms with Gasteiger partial charge in [0.2, 0.25) is 6.10 Å². The summed E-state index contributed by atoms with van der Waals surface area (Å²) in [4.78, 5) is 17.7. The van der Waals surface area contributed by atoms with Crippen molar-refractivity contribution < 1.29 is 19.0 Å². The molecule has 0 aliphatic carbocycles. The summed E-state index contributed by atoms with van der Waals surface area (Å²) in [6.07, 6.45) is 1.01. The lowest BCUT2D eigenvalue weighted by Crippen LogP contribution is -2.36. The first-order valence-corrected chi connectivity index (χ1v) is 9.85. The smallest absolute Gasteiger partial charge is 0.292 e. The zero-order valence-electron chi connectivity index (χ0n) is 15.5. The van der Waals surface area contributed by atoms with Crippen molar-refractivity contribution in [3.05, 3.63) is 59.9 Å². The molecule has 28 heavy (non-hydrogen) atoms. The number of benzene rings is 2. The molecule has 7 heteroatoms. The van der Waals surface area contributed by atoms with Gasteiger partial charge >= 0.3 is 0 Å². The fraction of sp³-hybridized carbons (Fsp3) is 0.238. The fourth-order valence-corrected chi connectivity index (χ4v) is 4.08. The van der Waals surface area contributed by atoms with Crippen molar-refractivity contribution in [2.45, 2.75) is 19.6 Å². The van der Waals surface area contributed by atoms with E-state index < -0.39 is 6.10 Å². The summed E-state index contributed by atoms with van der Waals surface area (Å²) >= 11 is 1.43. The van der Waals surface area contributed by atoms with Crippen molar-refractivity contribution >= 4 is 27.5 Å². The Kier molecular flexibility index (Phi) is 5.16. The number of carbonyl (C=O) groups is 1. The van der Waals surface area contributed by atoms with E-state index in [1.165, 1.54) is 11.3 Å². The summed E-state index contributed by atoms with van der Waals surface area (Å²) in [6.45, 7) is 7.04. The van der Waals surface area contributed by atoms with Gasteiger partial charge in [-0.3, -0.25) is 4.79 Å². The van der Waals surface area contributed by atoms with Gasteiger partial charge in [0.25, 0.3) is 5.91 Å². The van der Waals surface area contributed by atoms with Crippen molar-refractivity contribution in [2.24, 2.45) is 4.99 Å². The van der Waals surface area contributed by atoms with Crippen LogP contribution in [0.2, 0.25) is 0 Å². The van der Waals surface area contributed by atoms with Gasteiger partial charge in [-0.25, -0.2) is 0 Å². The number of fused-ring (bicyclic) bond motifs is 2. The molecule has 2 heterocycles. The second-order valence-electron chi connectivity index (χ2n) is 6.16. The number of amides is 1. The number of rotatable bonds is 5. The van der Waals surface area contributed by atoms with Gasteiger partial charge in [-0.05, 0) is 37.3 Å². The van der Waals surface area contributed by atoms with Crippen molar-refractivity contribution in [1.29, 1.82) is 0 Å².